The van der Waals surface area contributed by atoms with Crippen molar-refractivity contribution in [3.8, 4) is 11.4 Å². The van der Waals surface area contributed by atoms with Gasteiger partial charge in [-0.3, -0.25) is 0 Å². The Kier molecular flexibility index (Phi) is 3.66. The first-order valence-electron chi connectivity index (χ1n) is 9.39. The molecular formula is C21H22N4O. The van der Waals surface area contributed by atoms with E-state index in [4.69, 9.17) is 0 Å². The molecule has 2 bridgehead atoms. The molecule has 2 fully saturated rings. The van der Waals surface area contributed by atoms with Gasteiger partial charge in [0.15, 0.2) is 0 Å². The van der Waals surface area contributed by atoms with Crippen molar-refractivity contribution in [1.82, 2.24) is 14.9 Å². The molecule has 3 aromatic rings. The Balaban J connectivity index is 1.31. The van der Waals surface area contributed by atoms with Crippen LogP contribution in [-0.4, -0.2) is 33.5 Å². The van der Waals surface area contributed by atoms with E-state index in [1.807, 2.05) is 53.4 Å². The number of nitrogens with zero attached hydrogens (tertiary/aromatic N) is 2. The van der Waals surface area contributed by atoms with E-state index in [-0.39, 0.29) is 6.03 Å². The van der Waals surface area contributed by atoms with Gasteiger partial charge < -0.3 is 15.2 Å². The number of amides is 2. The maximum Gasteiger partial charge on any atom is 0.322 e. The molecular weight excluding hydrogens is 324 g/mol. The molecule has 132 valence electrons. The van der Waals surface area contributed by atoms with Gasteiger partial charge in [-0.15, -0.1) is 0 Å². The SMILES string of the molecule is O=C(Nc1ccc(-c2nc3ccccc3[nH]2)cc1)N1C[C@H]2CCC[C@@H]1C2. The lowest BCUT2D eigenvalue weighted by Crippen LogP contribution is -2.38. The van der Waals surface area contributed by atoms with Gasteiger partial charge in [0.05, 0.1) is 11.0 Å². The number of para-hydroxylation sites is 2. The van der Waals surface area contributed by atoms with E-state index >= 15 is 0 Å². The Morgan fingerprint density at radius 2 is 1.96 bits per heavy atom. The lowest BCUT2D eigenvalue weighted by Gasteiger charge is -2.24. The van der Waals surface area contributed by atoms with Gasteiger partial charge in [0.1, 0.15) is 5.82 Å². The summed E-state index contributed by atoms with van der Waals surface area (Å²) < 4.78 is 0. The minimum Gasteiger partial charge on any atom is -0.338 e. The molecule has 0 unspecified atom stereocenters. The number of urea groups is 1. The van der Waals surface area contributed by atoms with Crippen LogP contribution in [0.2, 0.25) is 0 Å². The Bertz CT molecular complexity index is 913. The van der Waals surface area contributed by atoms with Gasteiger partial charge in [0.25, 0.3) is 0 Å². The standard InChI is InChI=1S/C21H22N4O/c26-21(25-13-14-4-3-5-17(25)12-14)22-16-10-8-15(9-11-16)20-23-18-6-1-2-7-19(18)24-20/h1-2,6-11,14,17H,3-5,12-13H2,(H,22,26)(H,23,24)/t14-,17+/m0/s1. The van der Waals surface area contributed by atoms with Crippen molar-refractivity contribution in [3.05, 3.63) is 48.5 Å². The number of aromatic nitrogens is 2. The summed E-state index contributed by atoms with van der Waals surface area (Å²) >= 11 is 0. The number of carbonyl (C=O) groups excluding carboxylic acids is 1. The molecule has 1 aliphatic carbocycles. The largest absolute Gasteiger partial charge is 0.338 e. The number of carbonyl (C=O) groups is 1. The predicted octanol–water partition coefficient (Wildman–Crippen LogP) is 4.64. The number of benzene rings is 2. The van der Waals surface area contributed by atoms with Gasteiger partial charge in [-0.05, 0) is 61.6 Å². The monoisotopic (exact) mass is 346 g/mol. The summed E-state index contributed by atoms with van der Waals surface area (Å²) in [6.07, 6.45) is 4.85. The van der Waals surface area contributed by atoms with E-state index in [0.717, 1.165) is 41.1 Å². The molecule has 5 nitrogen and oxygen atoms in total. The molecule has 2 aromatic carbocycles. The number of fused-ring (bicyclic) bond motifs is 3. The number of rotatable bonds is 2. The highest BCUT2D eigenvalue weighted by molar-refractivity contribution is 5.90. The molecule has 1 aliphatic heterocycles. The van der Waals surface area contributed by atoms with Crippen molar-refractivity contribution in [1.29, 1.82) is 0 Å². The lowest BCUT2D eigenvalue weighted by atomic mass is 9.91. The molecule has 1 saturated carbocycles. The fourth-order valence-corrected chi connectivity index (χ4v) is 4.38. The van der Waals surface area contributed by atoms with Crippen LogP contribution in [0.1, 0.15) is 25.7 Å². The third kappa shape index (κ3) is 2.73. The van der Waals surface area contributed by atoms with E-state index in [1.165, 1.54) is 19.3 Å². The number of likely N-dealkylation sites (tertiary alicyclic amines) is 1. The van der Waals surface area contributed by atoms with Gasteiger partial charge in [0.2, 0.25) is 0 Å². The molecule has 2 atom stereocenters. The Hall–Kier alpha value is -2.82. The van der Waals surface area contributed by atoms with Crippen LogP contribution in [0, 0.1) is 5.92 Å². The summed E-state index contributed by atoms with van der Waals surface area (Å²) in [5, 5.41) is 3.06. The summed E-state index contributed by atoms with van der Waals surface area (Å²) in [5.74, 6) is 1.55. The third-order valence-electron chi connectivity index (χ3n) is 5.71. The van der Waals surface area contributed by atoms with E-state index in [1.54, 1.807) is 0 Å². The molecule has 0 radical (unpaired) electrons. The van der Waals surface area contributed by atoms with Crippen LogP contribution in [-0.2, 0) is 0 Å². The number of imidazole rings is 1. The minimum absolute atomic E-state index is 0.0379. The molecule has 2 amide bonds. The molecule has 1 saturated heterocycles. The maximum absolute atomic E-state index is 12.6. The molecule has 5 rings (SSSR count). The smallest absolute Gasteiger partial charge is 0.322 e. The fraction of sp³-hybridized carbons (Fsp3) is 0.333. The van der Waals surface area contributed by atoms with E-state index in [0.29, 0.717) is 12.0 Å². The van der Waals surface area contributed by atoms with Crippen LogP contribution >= 0.6 is 0 Å². The highest BCUT2D eigenvalue weighted by atomic mass is 16.2. The summed E-state index contributed by atoms with van der Waals surface area (Å²) in [7, 11) is 0. The van der Waals surface area contributed by atoms with E-state index in [9.17, 15) is 4.79 Å². The van der Waals surface area contributed by atoms with Crippen molar-refractivity contribution in [2.24, 2.45) is 5.92 Å². The summed E-state index contributed by atoms with van der Waals surface area (Å²) in [6, 6.07) is 16.4. The molecule has 2 heterocycles. The van der Waals surface area contributed by atoms with Crippen LogP contribution in [0.15, 0.2) is 48.5 Å². The van der Waals surface area contributed by atoms with Crippen molar-refractivity contribution < 1.29 is 4.79 Å². The number of H-pyrrole nitrogens is 1. The van der Waals surface area contributed by atoms with Crippen LogP contribution in [0.5, 0.6) is 0 Å². The lowest BCUT2D eigenvalue weighted by molar-refractivity contribution is 0.204. The molecule has 1 aromatic heterocycles. The number of hydrogen-bond acceptors (Lipinski definition) is 2. The highest BCUT2D eigenvalue weighted by Crippen LogP contribution is 2.35. The normalized spacial score (nSPS) is 21.9. The van der Waals surface area contributed by atoms with Crippen LogP contribution < -0.4 is 5.32 Å². The summed E-state index contributed by atoms with van der Waals surface area (Å²) in [6.45, 7) is 0.910. The minimum atomic E-state index is 0.0379. The van der Waals surface area contributed by atoms with Crippen molar-refractivity contribution in [2.75, 3.05) is 11.9 Å². The maximum atomic E-state index is 12.6. The van der Waals surface area contributed by atoms with Crippen LogP contribution in [0.25, 0.3) is 22.4 Å². The van der Waals surface area contributed by atoms with Crippen molar-refractivity contribution >= 4 is 22.8 Å². The molecule has 5 heteroatoms. The zero-order valence-corrected chi connectivity index (χ0v) is 14.6. The second kappa shape index (κ2) is 6.16. The van der Waals surface area contributed by atoms with Crippen molar-refractivity contribution in [3.63, 3.8) is 0 Å². The zero-order valence-electron chi connectivity index (χ0n) is 14.6. The average Bonchev–Trinajstić information content (AvgIpc) is 3.23. The number of hydrogen-bond donors (Lipinski definition) is 2. The fourth-order valence-electron chi connectivity index (χ4n) is 4.38. The zero-order chi connectivity index (χ0) is 17.5. The molecule has 26 heavy (non-hydrogen) atoms. The van der Waals surface area contributed by atoms with Gasteiger partial charge in [0, 0.05) is 23.8 Å². The second-order valence-corrected chi connectivity index (χ2v) is 7.45. The number of anilines is 1. The quantitative estimate of drug-likeness (QED) is 0.710. The summed E-state index contributed by atoms with van der Waals surface area (Å²) in [5.41, 5.74) is 3.83. The molecule has 2 aliphatic rings. The van der Waals surface area contributed by atoms with Gasteiger partial charge >= 0.3 is 6.03 Å². The first kappa shape index (κ1) is 15.4. The summed E-state index contributed by atoms with van der Waals surface area (Å²) in [4.78, 5) is 22.6. The van der Waals surface area contributed by atoms with Gasteiger partial charge in [-0.25, -0.2) is 9.78 Å². The molecule has 2 N–H and O–H groups in total. The molecule has 0 spiro atoms. The second-order valence-electron chi connectivity index (χ2n) is 7.45. The van der Waals surface area contributed by atoms with Crippen molar-refractivity contribution in [2.45, 2.75) is 31.7 Å². The first-order valence-corrected chi connectivity index (χ1v) is 9.39. The topological polar surface area (TPSA) is 61.0 Å². The van der Waals surface area contributed by atoms with Gasteiger partial charge in [-0.2, -0.15) is 0 Å². The van der Waals surface area contributed by atoms with Crippen LogP contribution in [0.3, 0.4) is 0 Å². The highest BCUT2D eigenvalue weighted by Gasteiger charge is 2.37. The number of aromatic amines is 1. The first-order chi connectivity index (χ1) is 12.8. The Morgan fingerprint density at radius 3 is 2.77 bits per heavy atom. The third-order valence-corrected chi connectivity index (χ3v) is 5.71. The number of nitrogens with one attached hydrogen (secondary N) is 2. The average molecular weight is 346 g/mol. The predicted molar refractivity (Wildman–Crippen MR) is 103 cm³/mol. The van der Waals surface area contributed by atoms with E-state index < -0.39 is 0 Å². The Labute approximate surface area is 152 Å². The Morgan fingerprint density at radius 1 is 1.12 bits per heavy atom. The van der Waals surface area contributed by atoms with E-state index in [2.05, 4.69) is 15.3 Å². The van der Waals surface area contributed by atoms with Crippen LogP contribution in [0.4, 0.5) is 10.5 Å². The van der Waals surface area contributed by atoms with Gasteiger partial charge in [-0.1, -0.05) is 18.6 Å².